The van der Waals surface area contributed by atoms with Gasteiger partial charge in [0.2, 0.25) is 5.82 Å². The smallest absolute Gasteiger partial charge is 0.374 e. The number of nitrogens with zero attached hydrogens (tertiary/aromatic N) is 1. The second-order valence-electron chi connectivity index (χ2n) is 6.76. The minimum Gasteiger partial charge on any atom is -0.461 e. The van der Waals surface area contributed by atoms with Crippen LogP contribution in [0.5, 0.6) is 0 Å². The summed E-state index contributed by atoms with van der Waals surface area (Å²) < 4.78 is 11.3. The molecule has 222 valence electrons. The number of benzene rings is 2. The highest BCUT2D eigenvalue weighted by Crippen LogP contribution is 2.20. The summed E-state index contributed by atoms with van der Waals surface area (Å²) >= 11 is 7.72. The van der Waals surface area contributed by atoms with Crippen LogP contribution in [0.2, 0.25) is 0 Å². The first-order chi connectivity index (χ1) is 17.7. The summed E-state index contributed by atoms with van der Waals surface area (Å²) in [6, 6.07) is 14.9. The molecule has 0 bridgehead atoms. The first-order valence-electron chi connectivity index (χ1n) is 10.9. The van der Waals surface area contributed by atoms with E-state index in [-0.39, 0.29) is 50.5 Å². The molecule has 2 aromatic carbocycles. The van der Waals surface area contributed by atoms with Gasteiger partial charge in [-0.25, -0.2) is 14.6 Å². The van der Waals surface area contributed by atoms with Crippen molar-refractivity contribution < 1.29 is 23.9 Å². The van der Waals surface area contributed by atoms with Crippen molar-refractivity contribution in [3.8, 4) is 11.3 Å². The van der Waals surface area contributed by atoms with Gasteiger partial charge in [0.15, 0.2) is 10.8 Å². The van der Waals surface area contributed by atoms with Crippen LogP contribution in [-0.2, 0) is 14.3 Å². The molecule has 0 aliphatic rings. The van der Waals surface area contributed by atoms with Gasteiger partial charge in [-0.3, -0.25) is 10.2 Å². The van der Waals surface area contributed by atoms with Crippen LogP contribution in [0, 0.1) is 5.41 Å². The Balaban J connectivity index is -0.000000525. The number of H-pyrrole nitrogens is 1. The van der Waals surface area contributed by atoms with Crippen LogP contribution in [0.4, 0.5) is 0 Å². The number of thioether (sulfide) groups is 1. The van der Waals surface area contributed by atoms with E-state index in [9.17, 15) is 14.4 Å². The lowest BCUT2D eigenvalue weighted by atomic mass is 10.1. The van der Waals surface area contributed by atoms with Crippen LogP contribution in [0.3, 0.4) is 0 Å². The molecule has 9 nitrogen and oxygen atoms in total. The molecular formula is C27H37Br2ClN4O5S. The Kier molecular flexibility index (Phi) is 24.4. The molecule has 0 radical (unpaired) electrons. The number of hydrogen-bond donors (Lipinski definition) is 3. The van der Waals surface area contributed by atoms with Crippen molar-refractivity contribution >= 4 is 78.8 Å². The molecule has 1 aromatic heterocycles. The predicted molar refractivity (Wildman–Crippen MR) is 174 cm³/mol. The zero-order valence-electron chi connectivity index (χ0n) is 21.0. The molecular weight excluding hydrogens is 688 g/mol. The van der Waals surface area contributed by atoms with E-state index in [0.717, 1.165) is 32.0 Å². The van der Waals surface area contributed by atoms with Crippen molar-refractivity contribution in [1.29, 1.82) is 5.41 Å². The first kappa shape index (κ1) is 42.0. The number of imidazole rings is 1. The van der Waals surface area contributed by atoms with Gasteiger partial charge < -0.3 is 20.2 Å². The average molecular weight is 725 g/mol. The standard InChI is InChI=1S/C12H11BrN2O2.C8H8BrNO.C5H9NO2S.2CH4.ClH/c1-2-17-12(16)11-14-7-10(15-11)8-3-5-9(13)6-4-8;9-7-3-1-6(2-4-7)8(11)5-10;1-3-8-5(7)4(6)9-2;;;/h3-7H,2H2,1H3,(H,14,15);1-4H,5,10H2;6H,3H2,1-2H3;2*1H4;1H. The van der Waals surface area contributed by atoms with Crippen LogP contribution < -0.4 is 5.73 Å². The summed E-state index contributed by atoms with van der Waals surface area (Å²) in [5.74, 6) is -0.775. The molecule has 1 heterocycles. The number of hydrogen-bond acceptors (Lipinski definition) is 9. The Morgan fingerprint density at radius 3 is 1.90 bits per heavy atom. The minimum absolute atomic E-state index is 0. The normalized spacial score (nSPS) is 8.95. The molecule has 13 heteroatoms. The van der Waals surface area contributed by atoms with Gasteiger partial charge in [-0.15, -0.1) is 24.2 Å². The quantitative estimate of drug-likeness (QED) is 0.105. The fraction of sp³-hybridized carbons (Fsp3) is 0.296. The Morgan fingerprint density at radius 1 is 0.950 bits per heavy atom. The van der Waals surface area contributed by atoms with Crippen LogP contribution >= 0.6 is 56.0 Å². The Bertz CT molecular complexity index is 1180. The van der Waals surface area contributed by atoms with E-state index in [1.807, 2.05) is 36.4 Å². The van der Waals surface area contributed by atoms with Gasteiger partial charge in [0.1, 0.15) is 0 Å². The molecule has 40 heavy (non-hydrogen) atoms. The van der Waals surface area contributed by atoms with Gasteiger partial charge in [-0.05, 0) is 49.9 Å². The Morgan fingerprint density at radius 2 is 1.45 bits per heavy atom. The summed E-state index contributed by atoms with van der Waals surface area (Å²) in [4.78, 5) is 39.8. The fourth-order valence-electron chi connectivity index (χ4n) is 2.43. The summed E-state index contributed by atoms with van der Waals surface area (Å²) in [7, 11) is 0. The van der Waals surface area contributed by atoms with Gasteiger partial charge in [-0.1, -0.05) is 71.0 Å². The van der Waals surface area contributed by atoms with Crippen LogP contribution in [0.1, 0.15) is 49.7 Å². The number of halogens is 3. The third-order valence-electron chi connectivity index (χ3n) is 4.22. The lowest BCUT2D eigenvalue weighted by Gasteiger charge is -1.98. The second-order valence-corrected chi connectivity index (χ2v) is 9.41. The molecule has 0 saturated heterocycles. The third kappa shape index (κ3) is 15.3. The van der Waals surface area contributed by atoms with E-state index in [1.165, 1.54) is 0 Å². The van der Waals surface area contributed by atoms with Crippen LogP contribution in [0.15, 0.2) is 63.7 Å². The maximum Gasteiger partial charge on any atom is 0.374 e. The molecule has 3 aromatic rings. The Hall–Kier alpha value is -2.51. The maximum atomic E-state index is 11.4. The molecule has 0 fully saturated rings. The summed E-state index contributed by atoms with van der Waals surface area (Å²) in [5.41, 5.74) is 7.60. The minimum atomic E-state index is -0.537. The van der Waals surface area contributed by atoms with Crippen LogP contribution in [-0.4, -0.2) is 58.7 Å². The molecule has 0 spiro atoms. The highest BCUT2D eigenvalue weighted by Gasteiger charge is 2.11. The van der Waals surface area contributed by atoms with Gasteiger partial charge in [-0.2, -0.15) is 0 Å². The number of nitrogens with two attached hydrogens (primary N) is 1. The molecule has 0 unspecified atom stereocenters. The monoisotopic (exact) mass is 722 g/mol. The summed E-state index contributed by atoms with van der Waals surface area (Å²) in [5, 5.41) is 6.89. The fourth-order valence-corrected chi connectivity index (χ4v) is 3.19. The van der Waals surface area contributed by atoms with E-state index >= 15 is 0 Å². The van der Waals surface area contributed by atoms with Crippen molar-refractivity contribution in [2.45, 2.75) is 28.7 Å². The zero-order valence-corrected chi connectivity index (χ0v) is 25.8. The molecule has 4 N–H and O–H groups in total. The molecule has 0 atom stereocenters. The number of Topliss-reactive ketones (excluding diaryl/α,β-unsaturated/α-hetero) is 1. The van der Waals surface area contributed by atoms with Crippen molar-refractivity contribution in [1.82, 2.24) is 9.97 Å². The van der Waals surface area contributed by atoms with Crippen molar-refractivity contribution in [3.05, 3.63) is 75.1 Å². The number of ether oxygens (including phenoxy) is 2. The molecule has 0 aliphatic heterocycles. The number of aromatic nitrogens is 2. The summed E-state index contributed by atoms with van der Waals surface area (Å²) in [6.07, 6.45) is 3.29. The highest BCUT2D eigenvalue weighted by atomic mass is 79.9. The zero-order chi connectivity index (χ0) is 27.8. The van der Waals surface area contributed by atoms with Gasteiger partial charge in [0.05, 0.1) is 31.6 Å². The topological polar surface area (TPSA) is 148 Å². The average Bonchev–Trinajstić information content (AvgIpc) is 3.40. The second kappa shape index (κ2) is 23.2. The SMILES string of the molecule is C.C.CCOC(=O)C(=N)SC.CCOC(=O)c1ncc(-c2ccc(Br)cc2)[nH]1.Cl.NCC(=O)c1ccc(Br)cc1. The third-order valence-corrected chi connectivity index (χ3v) is 5.85. The van der Waals surface area contributed by atoms with Gasteiger partial charge >= 0.3 is 11.9 Å². The number of ketones is 1. The largest absolute Gasteiger partial charge is 0.461 e. The van der Waals surface area contributed by atoms with Crippen LogP contribution in [0.25, 0.3) is 11.3 Å². The van der Waals surface area contributed by atoms with Gasteiger partial charge in [0, 0.05) is 14.5 Å². The molecule has 0 amide bonds. The summed E-state index contributed by atoms with van der Waals surface area (Å²) in [6.45, 7) is 4.22. The van der Waals surface area contributed by atoms with E-state index in [0.29, 0.717) is 18.8 Å². The first-order valence-corrected chi connectivity index (χ1v) is 13.7. The van der Waals surface area contributed by atoms with E-state index in [1.54, 1.807) is 38.4 Å². The van der Waals surface area contributed by atoms with Crippen molar-refractivity contribution in [2.24, 2.45) is 5.73 Å². The van der Waals surface area contributed by atoms with Crippen molar-refractivity contribution in [3.63, 3.8) is 0 Å². The molecule has 0 saturated carbocycles. The highest BCUT2D eigenvalue weighted by molar-refractivity contribution is 9.10. The van der Waals surface area contributed by atoms with E-state index in [4.69, 9.17) is 15.9 Å². The molecule has 0 aliphatic carbocycles. The van der Waals surface area contributed by atoms with Gasteiger partial charge in [0.25, 0.3) is 0 Å². The predicted octanol–water partition coefficient (Wildman–Crippen LogP) is 7.19. The maximum absolute atomic E-state index is 11.4. The Labute approximate surface area is 263 Å². The lowest BCUT2D eigenvalue weighted by Crippen LogP contribution is -2.13. The molecule has 3 rings (SSSR count). The van der Waals surface area contributed by atoms with E-state index < -0.39 is 11.9 Å². The number of rotatable bonds is 6. The number of esters is 2. The van der Waals surface area contributed by atoms with Crippen molar-refractivity contribution in [2.75, 3.05) is 26.0 Å². The number of carbonyl (C=O) groups excluding carboxylic acids is 3. The number of aromatic amines is 1. The number of nitrogens with one attached hydrogen (secondary N) is 2. The number of carbonyl (C=O) groups is 3. The van der Waals surface area contributed by atoms with E-state index in [2.05, 4.69) is 46.6 Å². The lowest BCUT2D eigenvalue weighted by molar-refractivity contribution is -0.134.